The highest BCUT2D eigenvalue weighted by molar-refractivity contribution is 5.77. The second-order valence-corrected chi connectivity index (χ2v) is 5.39. The first-order chi connectivity index (χ1) is 8.54. The van der Waals surface area contributed by atoms with Crippen molar-refractivity contribution in [2.24, 2.45) is 11.8 Å². The van der Waals surface area contributed by atoms with Gasteiger partial charge in [0, 0.05) is 20.0 Å². The van der Waals surface area contributed by atoms with Gasteiger partial charge in [-0.2, -0.15) is 0 Å². The van der Waals surface area contributed by atoms with Crippen LogP contribution in [0.4, 0.5) is 0 Å². The van der Waals surface area contributed by atoms with Crippen LogP contribution in [-0.2, 0) is 14.3 Å². The molecule has 1 aliphatic carbocycles. The van der Waals surface area contributed by atoms with Crippen molar-refractivity contribution in [3.05, 3.63) is 0 Å². The van der Waals surface area contributed by atoms with Crippen LogP contribution in [0.2, 0.25) is 0 Å². The van der Waals surface area contributed by atoms with Crippen molar-refractivity contribution >= 4 is 11.9 Å². The van der Waals surface area contributed by atoms with E-state index < -0.39 is 0 Å². The zero-order chi connectivity index (χ0) is 13.5. The molecule has 1 atom stereocenters. The lowest BCUT2D eigenvalue weighted by Crippen LogP contribution is -2.34. The van der Waals surface area contributed by atoms with Crippen LogP contribution in [-0.4, -0.2) is 37.5 Å². The maximum Gasteiger partial charge on any atom is 0.310 e. The Morgan fingerprint density at radius 3 is 2.50 bits per heavy atom. The van der Waals surface area contributed by atoms with Gasteiger partial charge in [0.15, 0.2) is 0 Å². The number of methoxy groups -OCH3 is 1. The highest BCUT2D eigenvalue weighted by Gasteiger charge is 2.20. The Bertz CT molecular complexity index is 285. The standard InChI is InChI=1S/C14H25NO3/c1-11(14(17)18-3)10-15(2)13(16)9-8-12-6-4-5-7-12/h11-12H,4-10H2,1-3H3. The summed E-state index contributed by atoms with van der Waals surface area (Å²) in [5.74, 6) is 0.360. The van der Waals surface area contributed by atoms with Gasteiger partial charge in [-0.25, -0.2) is 0 Å². The summed E-state index contributed by atoms with van der Waals surface area (Å²) in [4.78, 5) is 24.8. The highest BCUT2D eigenvalue weighted by Crippen LogP contribution is 2.28. The molecule has 18 heavy (non-hydrogen) atoms. The Morgan fingerprint density at radius 2 is 1.94 bits per heavy atom. The van der Waals surface area contributed by atoms with Gasteiger partial charge in [-0.1, -0.05) is 32.6 Å². The van der Waals surface area contributed by atoms with Crippen molar-refractivity contribution < 1.29 is 14.3 Å². The van der Waals surface area contributed by atoms with Crippen LogP contribution < -0.4 is 0 Å². The molecule has 0 aromatic rings. The quantitative estimate of drug-likeness (QED) is 0.684. The molecule has 0 aromatic carbocycles. The number of esters is 1. The molecule has 0 aromatic heterocycles. The van der Waals surface area contributed by atoms with Gasteiger partial charge in [0.05, 0.1) is 13.0 Å². The minimum atomic E-state index is -0.259. The molecule has 0 bridgehead atoms. The van der Waals surface area contributed by atoms with E-state index in [2.05, 4.69) is 4.74 Å². The van der Waals surface area contributed by atoms with Crippen LogP contribution in [0, 0.1) is 11.8 Å². The van der Waals surface area contributed by atoms with E-state index in [1.807, 2.05) is 0 Å². The number of nitrogens with zero attached hydrogens (tertiary/aromatic N) is 1. The van der Waals surface area contributed by atoms with Crippen LogP contribution in [0.5, 0.6) is 0 Å². The molecule has 4 nitrogen and oxygen atoms in total. The SMILES string of the molecule is COC(=O)C(C)CN(C)C(=O)CCC1CCCC1. The average Bonchev–Trinajstić information content (AvgIpc) is 2.87. The number of carbonyl (C=O) groups excluding carboxylic acids is 2. The Kier molecular flexibility index (Phi) is 6.16. The van der Waals surface area contributed by atoms with Crippen molar-refractivity contribution in [2.75, 3.05) is 20.7 Å². The van der Waals surface area contributed by atoms with E-state index in [-0.39, 0.29) is 17.8 Å². The maximum absolute atomic E-state index is 11.9. The fraction of sp³-hybridized carbons (Fsp3) is 0.857. The van der Waals surface area contributed by atoms with Gasteiger partial charge in [0.1, 0.15) is 0 Å². The lowest BCUT2D eigenvalue weighted by molar-refractivity contribution is -0.146. The molecule has 1 unspecified atom stereocenters. The monoisotopic (exact) mass is 255 g/mol. The second kappa shape index (κ2) is 7.39. The molecular formula is C14H25NO3. The van der Waals surface area contributed by atoms with Crippen LogP contribution in [0.25, 0.3) is 0 Å². The lowest BCUT2D eigenvalue weighted by atomic mass is 10.0. The molecular weight excluding hydrogens is 230 g/mol. The van der Waals surface area contributed by atoms with Crippen LogP contribution in [0.1, 0.15) is 45.4 Å². The van der Waals surface area contributed by atoms with E-state index in [9.17, 15) is 9.59 Å². The minimum absolute atomic E-state index is 0.137. The summed E-state index contributed by atoms with van der Waals surface area (Å²) in [7, 11) is 3.14. The number of carbonyl (C=O) groups is 2. The van der Waals surface area contributed by atoms with E-state index in [1.54, 1.807) is 18.9 Å². The topological polar surface area (TPSA) is 46.6 Å². The van der Waals surface area contributed by atoms with E-state index in [1.165, 1.54) is 32.8 Å². The fourth-order valence-electron chi connectivity index (χ4n) is 2.61. The smallest absolute Gasteiger partial charge is 0.310 e. The predicted molar refractivity (Wildman–Crippen MR) is 70.0 cm³/mol. The van der Waals surface area contributed by atoms with Gasteiger partial charge in [-0.15, -0.1) is 0 Å². The Hall–Kier alpha value is -1.06. The van der Waals surface area contributed by atoms with Crippen LogP contribution in [0.15, 0.2) is 0 Å². The Morgan fingerprint density at radius 1 is 1.33 bits per heavy atom. The molecule has 1 fully saturated rings. The van der Waals surface area contributed by atoms with Crippen LogP contribution >= 0.6 is 0 Å². The van der Waals surface area contributed by atoms with E-state index in [4.69, 9.17) is 0 Å². The molecule has 1 amide bonds. The molecule has 0 N–H and O–H groups in total. The molecule has 1 aliphatic rings. The summed E-state index contributed by atoms with van der Waals surface area (Å²) in [5.41, 5.74) is 0. The first kappa shape index (κ1) is 15.0. The van der Waals surface area contributed by atoms with E-state index in [0.29, 0.717) is 13.0 Å². The van der Waals surface area contributed by atoms with Crippen molar-refractivity contribution in [1.82, 2.24) is 4.90 Å². The third-order valence-corrected chi connectivity index (χ3v) is 3.82. The Balaban J connectivity index is 2.25. The summed E-state index contributed by atoms with van der Waals surface area (Å²) in [6.45, 7) is 2.22. The van der Waals surface area contributed by atoms with Crippen LogP contribution in [0.3, 0.4) is 0 Å². The number of amides is 1. The summed E-state index contributed by atoms with van der Waals surface area (Å²) >= 11 is 0. The van der Waals surface area contributed by atoms with Gasteiger partial charge in [-0.05, 0) is 12.3 Å². The molecule has 0 radical (unpaired) electrons. The summed E-state index contributed by atoms with van der Waals surface area (Å²) < 4.78 is 4.66. The number of rotatable bonds is 6. The highest BCUT2D eigenvalue weighted by atomic mass is 16.5. The predicted octanol–water partition coefficient (Wildman–Crippen LogP) is 2.22. The molecule has 4 heteroatoms. The largest absolute Gasteiger partial charge is 0.469 e. The average molecular weight is 255 g/mol. The van der Waals surface area contributed by atoms with Gasteiger partial charge in [0.25, 0.3) is 0 Å². The fourth-order valence-corrected chi connectivity index (χ4v) is 2.61. The van der Waals surface area contributed by atoms with Gasteiger partial charge >= 0.3 is 5.97 Å². The number of hydrogen-bond donors (Lipinski definition) is 0. The molecule has 0 heterocycles. The van der Waals surface area contributed by atoms with Crippen molar-refractivity contribution in [3.63, 3.8) is 0 Å². The van der Waals surface area contributed by atoms with E-state index in [0.717, 1.165) is 12.3 Å². The van der Waals surface area contributed by atoms with Crippen molar-refractivity contribution in [3.8, 4) is 0 Å². The third-order valence-electron chi connectivity index (χ3n) is 3.82. The summed E-state index contributed by atoms with van der Waals surface area (Å²) in [6.07, 6.45) is 6.78. The van der Waals surface area contributed by atoms with Crippen molar-refractivity contribution in [1.29, 1.82) is 0 Å². The first-order valence-corrected chi connectivity index (χ1v) is 6.86. The summed E-state index contributed by atoms with van der Waals surface area (Å²) in [5, 5.41) is 0. The minimum Gasteiger partial charge on any atom is -0.469 e. The normalized spacial score (nSPS) is 17.5. The van der Waals surface area contributed by atoms with Gasteiger partial charge < -0.3 is 9.64 Å². The molecule has 1 rings (SSSR count). The molecule has 0 aliphatic heterocycles. The molecule has 104 valence electrons. The lowest BCUT2D eigenvalue weighted by Gasteiger charge is -2.21. The Labute approximate surface area is 110 Å². The molecule has 0 spiro atoms. The zero-order valence-corrected chi connectivity index (χ0v) is 11.8. The van der Waals surface area contributed by atoms with Crippen molar-refractivity contribution in [2.45, 2.75) is 45.4 Å². The van der Waals surface area contributed by atoms with Gasteiger partial charge in [-0.3, -0.25) is 9.59 Å². The molecule has 0 saturated heterocycles. The van der Waals surface area contributed by atoms with E-state index >= 15 is 0 Å². The number of ether oxygens (including phenoxy) is 1. The molecule has 1 saturated carbocycles. The third kappa shape index (κ3) is 4.67. The maximum atomic E-state index is 11.9. The number of hydrogen-bond acceptors (Lipinski definition) is 3. The first-order valence-electron chi connectivity index (χ1n) is 6.86. The second-order valence-electron chi connectivity index (χ2n) is 5.39. The van der Waals surface area contributed by atoms with Gasteiger partial charge in [0.2, 0.25) is 5.91 Å². The zero-order valence-electron chi connectivity index (χ0n) is 11.8. The summed E-state index contributed by atoms with van der Waals surface area (Å²) in [6, 6.07) is 0.